The zero-order valence-corrected chi connectivity index (χ0v) is 11.0. The molecule has 1 N–H and O–H groups in total. The molecule has 1 rings (SSSR count). The highest BCUT2D eigenvalue weighted by molar-refractivity contribution is 4.79. The van der Waals surface area contributed by atoms with Gasteiger partial charge in [0, 0.05) is 32.2 Å². The molecule has 0 aromatic carbocycles. The Morgan fingerprint density at radius 1 is 1.38 bits per heavy atom. The van der Waals surface area contributed by atoms with Gasteiger partial charge in [-0.25, -0.2) is 0 Å². The first-order valence-electron chi connectivity index (χ1n) is 6.79. The number of rotatable bonds is 8. The molecule has 0 radical (unpaired) electrons. The maximum atomic E-state index is 3.73. The molecule has 94 valence electrons. The van der Waals surface area contributed by atoms with Crippen molar-refractivity contribution in [3.8, 4) is 0 Å². The van der Waals surface area contributed by atoms with Gasteiger partial charge in [0.1, 0.15) is 0 Å². The molecular formula is C14H28N2. The summed E-state index contributed by atoms with van der Waals surface area (Å²) in [6.07, 6.45) is 7.61. The van der Waals surface area contributed by atoms with Crippen LogP contribution in [0.15, 0.2) is 12.7 Å². The van der Waals surface area contributed by atoms with Crippen molar-refractivity contribution < 1.29 is 0 Å². The van der Waals surface area contributed by atoms with Crippen LogP contribution in [0.1, 0.15) is 39.5 Å². The van der Waals surface area contributed by atoms with E-state index in [-0.39, 0.29) is 0 Å². The third kappa shape index (κ3) is 5.13. The van der Waals surface area contributed by atoms with E-state index in [0.717, 1.165) is 25.0 Å². The molecular weight excluding hydrogens is 196 g/mol. The molecule has 0 aliphatic heterocycles. The summed E-state index contributed by atoms with van der Waals surface area (Å²) in [5, 5.41) is 3.40. The Kier molecular flexibility index (Phi) is 6.74. The summed E-state index contributed by atoms with van der Waals surface area (Å²) in [6.45, 7) is 12.8. The zero-order chi connectivity index (χ0) is 11.8. The smallest absolute Gasteiger partial charge is 0.0132 e. The molecule has 0 atom stereocenters. The van der Waals surface area contributed by atoms with Gasteiger partial charge in [-0.1, -0.05) is 32.8 Å². The summed E-state index contributed by atoms with van der Waals surface area (Å²) in [5.41, 5.74) is 0. The predicted molar refractivity (Wildman–Crippen MR) is 71.7 cm³/mol. The number of nitrogens with zero attached hydrogens (tertiary/aromatic N) is 1. The molecule has 0 unspecified atom stereocenters. The average Bonchev–Trinajstić information content (AvgIpc) is 2.75. The van der Waals surface area contributed by atoms with Crippen LogP contribution in [0.25, 0.3) is 0 Å². The molecule has 0 saturated heterocycles. The molecule has 0 spiro atoms. The Morgan fingerprint density at radius 3 is 2.62 bits per heavy atom. The van der Waals surface area contributed by atoms with E-state index in [1.807, 2.05) is 6.08 Å². The first-order valence-corrected chi connectivity index (χ1v) is 6.79. The van der Waals surface area contributed by atoms with E-state index in [1.165, 1.54) is 38.8 Å². The van der Waals surface area contributed by atoms with Crippen molar-refractivity contribution in [3.63, 3.8) is 0 Å². The van der Waals surface area contributed by atoms with Crippen LogP contribution in [0.3, 0.4) is 0 Å². The maximum Gasteiger partial charge on any atom is 0.0132 e. The lowest BCUT2D eigenvalue weighted by molar-refractivity contribution is 0.178. The molecule has 0 aromatic heterocycles. The van der Waals surface area contributed by atoms with Crippen molar-refractivity contribution >= 4 is 0 Å². The Balaban J connectivity index is 2.28. The Bertz CT molecular complexity index is 183. The number of nitrogens with one attached hydrogen (secondary N) is 1. The third-order valence-corrected chi connectivity index (χ3v) is 3.31. The third-order valence-electron chi connectivity index (χ3n) is 3.31. The van der Waals surface area contributed by atoms with Crippen molar-refractivity contribution in [1.82, 2.24) is 10.2 Å². The maximum absolute atomic E-state index is 3.73. The van der Waals surface area contributed by atoms with E-state index in [2.05, 4.69) is 30.6 Å². The van der Waals surface area contributed by atoms with Crippen LogP contribution in [0.5, 0.6) is 0 Å². The molecule has 1 saturated carbocycles. The first-order chi connectivity index (χ1) is 7.74. The van der Waals surface area contributed by atoms with Crippen molar-refractivity contribution in [2.45, 2.75) is 45.6 Å². The molecule has 2 nitrogen and oxygen atoms in total. The molecule has 0 amide bonds. The quantitative estimate of drug-likeness (QED) is 0.504. The largest absolute Gasteiger partial charge is 0.312 e. The summed E-state index contributed by atoms with van der Waals surface area (Å²) >= 11 is 0. The van der Waals surface area contributed by atoms with Crippen LogP contribution in [0, 0.1) is 5.92 Å². The Labute approximate surface area is 101 Å². The van der Waals surface area contributed by atoms with Gasteiger partial charge in [-0.2, -0.15) is 0 Å². The summed E-state index contributed by atoms with van der Waals surface area (Å²) in [5.74, 6) is 0.778. The lowest BCUT2D eigenvalue weighted by Gasteiger charge is -2.30. The SMILES string of the molecule is C=CCNCCN(CC(C)C)C1CCCC1. The topological polar surface area (TPSA) is 15.3 Å². The molecule has 16 heavy (non-hydrogen) atoms. The zero-order valence-electron chi connectivity index (χ0n) is 11.0. The van der Waals surface area contributed by atoms with Crippen LogP contribution in [0.2, 0.25) is 0 Å². The fourth-order valence-electron chi connectivity index (χ4n) is 2.59. The van der Waals surface area contributed by atoms with Crippen molar-refractivity contribution in [1.29, 1.82) is 0 Å². The van der Waals surface area contributed by atoms with Crippen molar-refractivity contribution in [2.24, 2.45) is 5.92 Å². The van der Waals surface area contributed by atoms with Gasteiger partial charge in [0.15, 0.2) is 0 Å². The molecule has 0 heterocycles. The van der Waals surface area contributed by atoms with Crippen LogP contribution < -0.4 is 5.32 Å². The highest BCUT2D eigenvalue weighted by Crippen LogP contribution is 2.23. The highest BCUT2D eigenvalue weighted by Gasteiger charge is 2.22. The predicted octanol–water partition coefficient (Wildman–Crippen LogP) is 2.66. The van der Waals surface area contributed by atoms with Gasteiger partial charge in [-0.3, -0.25) is 4.90 Å². The van der Waals surface area contributed by atoms with Gasteiger partial charge in [-0.05, 0) is 18.8 Å². The fraction of sp³-hybridized carbons (Fsp3) is 0.857. The molecule has 1 aliphatic rings. The second kappa shape index (κ2) is 7.86. The monoisotopic (exact) mass is 224 g/mol. The van der Waals surface area contributed by atoms with E-state index in [9.17, 15) is 0 Å². The Morgan fingerprint density at radius 2 is 2.06 bits per heavy atom. The van der Waals surface area contributed by atoms with Gasteiger partial charge in [0.25, 0.3) is 0 Å². The van der Waals surface area contributed by atoms with E-state index in [1.54, 1.807) is 0 Å². The molecule has 2 heteroatoms. The lowest BCUT2D eigenvalue weighted by Crippen LogP contribution is -2.40. The van der Waals surface area contributed by atoms with Crippen LogP contribution in [0.4, 0.5) is 0 Å². The van der Waals surface area contributed by atoms with Gasteiger partial charge in [0.05, 0.1) is 0 Å². The van der Waals surface area contributed by atoms with Crippen molar-refractivity contribution in [2.75, 3.05) is 26.2 Å². The summed E-state index contributed by atoms with van der Waals surface area (Å²) < 4.78 is 0. The summed E-state index contributed by atoms with van der Waals surface area (Å²) in [6, 6.07) is 0.855. The minimum absolute atomic E-state index is 0.778. The standard InChI is InChI=1S/C14H28N2/c1-4-9-15-10-11-16(12-13(2)3)14-7-5-6-8-14/h4,13-15H,1,5-12H2,2-3H3. The minimum atomic E-state index is 0.778. The van der Waals surface area contributed by atoms with E-state index < -0.39 is 0 Å². The van der Waals surface area contributed by atoms with Gasteiger partial charge >= 0.3 is 0 Å². The van der Waals surface area contributed by atoms with E-state index in [4.69, 9.17) is 0 Å². The van der Waals surface area contributed by atoms with Crippen molar-refractivity contribution in [3.05, 3.63) is 12.7 Å². The average molecular weight is 224 g/mol. The molecule has 1 aliphatic carbocycles. The minimum Gasteiger partial charge on any atom is -0.312 e. The molecule has 1 fully saturated rings. The molecule has 0 aromatic rings. The summed E-state index contributed by atoms with van der Waals surface area (Å²) in [7, 11) is 0. The van der Waals surface area contributed by atoms with E-state index in [0.29, 0.717) is 0 Å². The normalized spacial score (nSPS) is 17.5. The van der Waals surface area contributed by atoms with Crippen LogP contribution >= 0.6 is 0 Å². The van der Waals surface area contributed by atoms with Gasteiger partial charge in [-0.15, -0.1) is 6.58 Å². The first kappa shape index (κ1) is 13.7. The molecule has 0 bridgehead atoms. The highest BCUT2D eigenvalue weighted by atomic mass is 15.2. The van der Waals surface area contributed by atoms with Crippen LogP contribution in [-0.2, 0) is 0 Å². The Hall–Kier alpha value is -0.340. The van der Waals surface area contributed by atoms with E-state index >= 15 is 0 Å². The number of hydrogen-bond donors (Lipinski definition) is 1. The van der Waals surface area contributed by atoms with Crippen LogP contribution in [-0.4, -0.2) is 37.1 Å². The van der Waals surface area contributed by atoms with Gasteiger partial charge < -0.3 is 5.32 Å². The summed E-state index contributed by atoms with van der Waals surface area (Å²) in [4.78, 5) is 2.69. The second-order valence-corrected chi connectivity index (χ2v) is 5.32. The fourth-order valence-corrected chi connectivity index (χ4v) is 2.59. The lowest BCUT2D eigenvalue weighted by atomic mass is 10.1. The second-order valence-electron chi connectivity index (χ2n) is 5.32. The number of hydrogen-bond acceptors (Lipinski definition) is 2. The van der Waals surface area contributed by atoms with Gasteiger partial charge in [0.2, 0.25) is 0 Å².